The highest BCUT2D eigenvalue weighted by molar-refractivity contribution is 7.11. The molecule has 0 bridgehead atoms. The molecule has 1 heterocycles. The Hall–Kier alpha value is -1.43. The van der Waals surface area contributed by atoms with Crippen molar-refractivity contribution in [1.29, 1.82) is 0 Å². The third kappa shape index (κ3) is 3.43. The molecular formula is C15H20N2O3S. The topological polar surface area (TPSA) is 79.3 Å². The Bertz CT molecular complexity index is 532. The van der Waals surface area contributed by atoms with Gasteiger partial charge in [-0.1, -0.05) is 0 Å². The van der Waals surface area contributed by atoms with Gasteiger partial charge in [0.15, 0.2) is 0 Å². The number of aromatic nitrogens is 1. The first kappa shape index (κ1) is 14.5. The molecule has 2 atom stereocenters. The molecule has 0 radical (unpaired) electrons. The number of nitrogens with one attached hydrogen (secondary N) is 1. The number of aryl methyl sites for hydroxylation is 3. The molecule has 1 saturated carbocycles. The lowest BCUT2D eigenvalue weighted by molar-refractivity contribution is -0.140. The van der Waals surface area contributed by atoms with Crippen molar-refractivity contribution in [3.05, 3.63) is 15.6 Å². The molecule has 6 heteroatoms. The van der Waals surface area contributed by atoms with E-state index in [-0.39, 0.29) is 11.8 Å². The van der Waals surface area contributed by atoms with E-state index in [0.717, 1.165) is 19.3 Å². The van der Waals surface area contributed by atoms with Crippen LogP contribution in [-0.2, 0) is 28.9 Å². The average molecular weight is 308 g/mol. The predicted molar refractivity (Wildman–Crippen MR) is 79.3 cm³/mol. The molecule has 2 aliphatic rings. The minimum absolute atomic E-state index is 0.110. The first-order valence-corrected chi connectivity index (χ1v) is 8.45. The maximum atomic E-state index is 11.7. The molecule has 2 aliphatic carbocycles. The Balaban J connectivity index is 1.38. The van der Waals surface area contributed by atoms with Gasteiger partial charge in [-0.3, -0.25) is 9.59 Å². The summed E-state index contributed by atoms with van der Waals surface area (Å²) in [5.74, 6) is -1.74. The van der Waals surface area contributed by atoms with Crippen molar-refractivity contribution in [3.8, 4) is 0 Å². The minimum Gasteiger partial charge on any atom is -0.481 e. The second-order valence-corrected chi connectivity index (χ2v) is 7.03. The standard InChI is InChI=1S/C15H20N2O3S/c18-14(9-8-10(9)15(19)20)16-7-3-6-13-17-11-4-1-2-5-12(11)21-13/h9-10H,1-8H2,(H,16,18)(H,19,20)/t9-,10-/m1/s1. The summed E-state index contributed by atoms with van der Waals surface area (Å²) in [4.78, 5) is 28.5. The largest absolute Gasteiger partial charge is 0.481 e. The van der Waals surface area contributed by atoms with Crippen molar-refractivity contribution in [1.82, 2.24) is 10.3 Å². The van der Waals surface area contributed by atoms with Gasteiger partial charge in [0, 0.05) is 17.8 Å². The lowest BCUT2D eigenvalue weighted by Gasteiger charge is -2.06. The molecule has 1 aromatic heterocycles. The third-order valence-electron chi connectivity index (χ3n) is 4.20. The number of hydrogen-bond acceptors (Lipinski definition) is 4. The highest BCUT2D eigenvalue weighted by Gasteiger charge is 2.48. The molecule has 21 heavy (non-hydrogen) atoms. The van der Waals surface area contributed by atoms with E-state index < -0.39 is 11.9 Å². The number of carboxylic acids is 1. The van der Waals surface area contributed by atoms with E-state index in [2.05, 4.69) is 10.3 Å². The molecule has 5 nitrogen and oxygen atoms in total. The van der Waals surface area contributed by atoms with Crippen molar-refractivity contribution in [2.75, 3.05) is 6.54 Å². The number of thiazole rings is 1. The van der Waals surface area contributed by atoms with Crippen LogP contribution >= 0.6 is 11.3 Å². The second kappa shape index (κ2) is 6.13. The zero-order valence-corrected chi connectivity index (χ0v) is 12.7. The van der Waals surface area contributed by atoms with Crippen LogP contribution in [0.5, 0.6) is 0 Å². The smallest absolute Gasteiger partial charge is 0.307 e. The Labute approximate surface area is 127 Å². The van der Waals surface area contributed by atoms with Crippen molar-refractivity contribution in [2.45, 2.75) is 44.9 Å². The van der Waals surface area contributed by atoms with Crippen LogP contribution < -0.4 is 5.32 Å². The third-order valence-corrected chi connectivity index (χ3v) is 5.42. The molecule has 0 saturated heterocycles. The van der Waals surface area contributed by atoms with Gasteiger partial charge in [0.2, 0.25) is 5.91 Å². The number of carboxylic acid groups (broad SMARTS) is 1. The number of rotatable bonds is 6. The molecule has 0 aromatic carbocycles. The SMILES string of the molecule is O=C(O)[C@@H]1C[C@H]1C(=O)NCCCc1nc2c(s1)CCCC2. The molecule has 0 aliphatic heterocycles. The van der Waals surface area contributed by atoms with E-state index in [4.69, 9.17) is 5.11 Å². The summed E-state index contributed by atoms with van der Waals surface area (Å²) in [7, 11) is 0. The van der Waals surface area contributed by atoms with E-state index in [1.807, 2.05) is 11.3 Å². The first-order chi connectivity index (χ1) is 10.1. The minimum atomic E-state index is -0.858. The summed E-state index contributed by atoms with van der Waals surface area (Å²) in [6.07, 6.45) is 7.05. The van der Waals surface area contributed by atoms with E-state index >= 15 is 0 Å². The number of aliphatic carboxylic acids is 1. The summed E-state index contributed by atoms with van der Waals surface area (Å²) in [6.45, 7) is 0.603. The fourth-order valence-electron chi connectivity index (χ4n) is 2.85. The molecule has 0 spiro atoms. The fraction of sp³-hybridized carbons (Fsp3) is 0.667. The number of fused-ring (bicyclic) bond motifs is 1. The van der Waals surface area contributed by atoms with Gasteiger partial charge >= 0.3 is 5.97 Å². The average Bonchev–Trinajstić information content (AvgIpc) is 3.17. The number of amides is 1. The predicted octanol–water partition coefficient (Wildman–Crippen LogP) is 1.79. The van der Waals surface area contributed by atoms with Crippen LogP contribution in [0.25, 0.3) is 0 Å². The molecule has 1 aromatic rings. The van der Waals surface area contributed by atoms with Gasteiger partial charge in [-0.15, -0.1) is 11.3 Å². The van der Waals surface area contributed by atoms with Crippen molar-refractivity contribution < 1.29 is 14.7 Å². The van der Waals surface area contributed by atoms with Gasteiger partial charge in [-0.25, -0.2) is 4.98 Å². The number of carbonyl (C=O) groups excluding carboxylic acids is 1. The van der Waals surface area contributed by atoms with Crippen LogP contribution in [0.3, 0.4) is 0 Å². The number of carbonyl (C=O) groups is 2. The maximum Gasteiger partial charge on any atom is 0.307 e. The molecule has 1 amide bonds. The fourth-order valence-corrected chi connectivity index (χ4v) is 4.05. The van der Waals surface area contributed by atoms with Gasteiger partial charge in [-0.05, 0) is 38.5 Å². The van der Waals surface area contributed by atoms with Gasteiger partial charge in [-0.2, -0.15) is 0 Å². The normalized spacial score (nSPS) is 23.4. The van der Waals surface area contributed by atoms with Gasteiger partial charge in [0.1, 0.15) is 0 Å². The summed E-state index contributed by atoms with van der Waals surface area (Å²) >= 11 is 1.82. The van der Waals surface area contributed by atoms with Crippen molar-refractivity contribution in [2.24, 2.45) is 11.8 Å². The van der Waals surface area contributed by atoms with Crippen LogP contribution in [0.1, 0.15) is 41.3 Å². The van der Waals surface area contributed by atoms with Crippen LogP contribution in [0.4, 0.5) is 0 Å². The van der Waals surface area contributed by atoms with Crippen molar-refractivity contribution >= 4 is 23.2 Å². The second-order valence-electron chi connectivity index (χ2n) is 5.87. The lowest BCUT2D eigenvalue weighted by atomic mass is 10.0. The quantitative estimate of drug-likeness (QED) is 0.785. The van der Waals surface area contributed by atoms with E-state index in [1.54, 1.807) is 0 Å². The number of nitrogens with zero attached hydrogens (tertiary/aromatic N) is 1. The zero-order valence-electron chi connectivity index (χ0n) is 11.9. The van der Waals surface area contributed by atoms with Gasteiger partial charge in [0.05, 0.1) is 22.5 Å². The van der Waals surface area contributed by atoms with E-state index in [1.165, 1.54) is 34.8 Å². The molecule has 0 unspecified atom stereocenters. The Morgan fingerprint density at radius 3 is 2.81 bits per heavy atom. The zero-order chi connectivity index (χ0) is 14.8. The Morgan fingerprint density at radius 2 is 2.10 bits per heavy atom. The van der Waals surface area contributed by atoms with Crippen LogP contribution in [0.2, 0.25) is 0 Å². The summed E-state index contributed by atoms with van der Waals surface area (Å²) in [6, 6.07) is 0. The summed E-state index contributed by atoms with van der Waals surface area (Å²) < 4.78 is 0. The lowest BCUT2D eigenvalue weighted by Crippen LogP contribution is -2.27. The Kier molecular flexibility index (Phi) is 4.24. The van der Waals surface area contributed by atoms with Gasteiger partial charge < -0.3 is 10.4 Å². The highest BCUT2D eigenvalue weighted by Crippen LogP contribution is 2.38. The first-order valence-electron chi connectivity index (χ1n) is 7.63. The van der Waals surface area contributed by atoms with Crippen LogP contribution in [-0.4, -0.2) is 28.5 Å². The van der Waals surface area contributed by atoms with E-state index in [9.17, 15) is 9.59 Å². The van der Waals surface area contributed by atoms with Crippen LogP contribution in [0.15, 0.2) is 0 Å². The van der Waals surface area contributed by atoms with Gasteiger partial charge in [0.25, 0.3) is 0 Å². The Morgan fingerprint density at radius 1 is 1.29 bits per heavy atom. The maximum absolute atomic E-state index is 11.7. The number of hydrogen-bond donors (Lipinski definition) is 2. The highest BCUT2D eigenvalue weighted by atomic mass is 32.1. The molecule has 114 valence electrons. The molecular weight excluding hydrogens is 288 g/mol. The van der Waals surface area contributed by atoms with Crippen LogP contribution in [0, 0.1) is 11.8 Å². The van der Waals surface area contributed by atoms with E-state index in [0.29, 0.717) is 13.0 Å². The summed E-state index contributed by atoms with van der Waals surface area (Å²) in [5.41, 5.74) is 1.28. The summed E-state index contributed by atoms with van der Waals surface area (Å²) in [5, 5.41) is 12.8. The molecule has 1 fully saturated rings. The monoisotopic (exact) mass is 308 g/mol. The molecule has 3 rings (SSSR count). The molecule has 2 N–H and O–H groups in total. The van der Waals surface area contributed by atoms with Crippen molar-refractivity contribution in [3.63, 3.8) is 0 Å².